The van der Waals surface area contributed by atoms with Gasteiger partial charge in [-0.25, -0.2) is 8.42 Å². The molecule has 0 saturated carbocycles. The Hall–Kier alpha value is -3.23. The topological polar surface area (TPSA) is 93.7 Å². The lowest BCUT2D eigenvalue weighted by molar-refractivity contribution is 0.102. The van der Waals surface area contributed by atoms with E-state index >= 15 is 0 Å². The summed E-state index contributed by atoms with van der Waals surface area (Å²) in [6.45, 7) is 0.922. The first-order valence-corrected chi connectivity index (χ1v) is 10.9. The van der Waals surface area contributed by atoms with E-state index in [1.807, 2.05) is 0 Å². The van der Waals surface area contributed by atoms with Crippen LogP contribution in [0, 0.1) is 0 Å². The van der Waals surface area contributed by atoms with E-state index in [1.54, 1.807) is 36.4 Å². The number of anilines is 2. The Morgan fingerprint density at radius 2 is 1.57 bits per heavy atom. The molecule has 0 radical (unpaired) electrons. The maximum absolute atomic E-state index is 12.6. The molecule has 4 rings (SSSR count). The summed E-state index contributed by atoms with van der Waals surface area (Å²) in [7, 11) is -3.76. The quantitative estimate of drug-likeness (QED) is 0.616. The number of carbonyl (C=O) groups is 1. The molecule has 2 N–H and O–H groups in total. The van der Waals surface area contributed by atoms with Crippen molar-refractivity contribution in [3.05, 3.63) is 77.3 Å². The van der Waals surface area contributed by atoms with Crippen molar-refractivity contribution in [1.29, 1.82) is 0 Å². The Balaban J connectivity index is 1.50. The summed E-state index contributed by atoms with van der Waals surface area (Å²) >= 11 is 6.24. The van der Waals surface area contributed by atoms with Crippen molar-refractivity contribution in [2.45, 2.75) is 4.90 Å². The van der Waals surface area contributed by atoms with Crippen LogP contribution in [0.1, 0.15) is 10.4 Å². The van der Waals surface area contributed by atoms with Crippen molar-refractivity contribution in [2.24, 2.45) is 0 Å². The Morgan fingerprint density at radius 1 is 0.867 bits per heavy atom. The van der Waals surface area contributed by atoms with E-state index in [1.165, 1.54) is 30.3 Å². The lowest BCUT2D eigenvalue weighted by Gasteiger charge is -2.19. The molecule has 154 valence electrons. The maximum atomic E-state index is 12.6. The lowest BCUT2D eigenvalue weighted by atomic mass is 10.2. The SMILES string of the molecule is O=C(Nc1ccc2c(c1)OCCO2)c1ccc(NS(=O)(=O)c2ccccc2)cc1Cl. The fourth-order valence-electron chi connectivity index (χ4n) is 2.90. The molecule has 1 aliphatic heterocycles. The van der Waals surface area contributed by atoms with E-state index in [2.05, 4.69) is 10.0 Å². The third-order valence-electron chi connectivity index (χ3n) is 4.32. The van der Waals surface area contributed by atoms with Crippen LogP contribution < -0.4 is 19.5 Å². The lowest BCUT2D eigenvalue weighted by Crippen LogP contribution is -2.17. The van der Waals surface area contributed by atoms with Crippen molar-refractivity contribution in [3.63, 3.8) is 0 Å². The largest absolute Gasteiger partial charge is 0.486 e. The summed E-state index contributed by atoms with van der Waals surface area (Å²) in [6, 6.07) is 17.4. The molecule has 0 unspecified atom stereocenters. The standard InChI is InChI=1S/C21H17ClN2O5S/c22-18-12-15(24-30(26,27)16-4-2-1-3-5-16)6-8-17(18)21(25)23-14-7-9-19-20(13-14)29-11-10-28-19/h1-9,12-13,24H,10-11H2,(H,23,25). The van der Waals surface area contributed by atoms with Crippen LogP contribution in [0.3, 0.4) is 0 Å². The number of halogens is 1. The summed E-state index contributed by atoms with van der Waals surface area (Å²) in [5, 5.41) is 2.85. The molecule has 0 saturated heterocycles. The van der Waals surface area contributed by atoms with Gasteiger partial charge < -0.3 is 14.8 Å². The molecule has 1 aliphatic rings. The Morgan fingerprint density at radius 3 is 2.30 bits per heavy atom. The highest BCUT2D eigenvalue weighted by Crippen LogP contribution is 2.33. The third-order valence-corrected chi connectivity index (χ3v) is 6.03. The fourth-order valence-corrected chi connectivity index (χ4v) is 4.23. The van der Waals surface area contributed by atoms with Crippen LogP contribution in [0.5, 0.6) is 11.5 Å². The molecule has 0 atom stereocenters. The van der Waals surface area contributed by atoms with Crippen LogP contribution in [-0.2, 0) is 10.0 Å². The van der Waals surface area contributed by atoms with Gasteiger partial charge in [0.25, 0.3) is 15.9 Å². The number of fused-ring (bicyclic) bond motifs is 1. The summed E-state index contributed by atoms with van der Waals surface area (Å²) in [4.78, 5) is 12.7. The number of hydrogen-bond donors (Lipinski definition) is 2. The minimum atomic E-state index is -3.76. The van der Waals surface area contributed by atoms with Crippen molar-refractivity contribution in [1.82, 2.24) is 0 Å². The van der Waals surface area contributed by atoms with Gasteiger partial charge in [-0.3, -0.25) is 9.52 Å². The van der Waals surface area contributed by atoms with Gasteiger partial charge in [-0.05, 0) is 42.5 Å². The summed E-state index contributed by atoms with van der Waals surface area (Å²) in [6.07, 6.45) is 0. The third kappa shape index (κ3) is 4.34. The van der Waals surface area contributed by atoms with Crippen molar-refractivity contribution in [3.8, 4) is 11.5 Å². The summed E-state index contributed by atoms with van der Waals surface area (Å²) in [5.74, 6) is 0.734. The fraction of sp³-hybridized carbons (Fsp3) is 0.0952. The minimum Gasteiger partial charge on any atom is -0.486 e. The maximum Gasteiger partial charge on any atom is 0.261 e. The van der Waals surface area contributed by atoms with Crippen LogP contribution in [0.2, 0.25) is 5.02 Å². The molecule has 0 aromatic heterocycles. The molecule has 0 fully saturated rings. The second-order valence-corrected chi connectivity index (χ2v) is 8.52. The molecule has 9 heteroatoms. The van der Waals surface area contributed by atoms with Crippen LogP contribution in [0.4, 0.5) is 11.4 Å². The summed E-state index contributed by atoms with van der Waals surface area (Å²) < 4.78 is 38.3. The van der Waals surface area contributed by atoms with Crippen molar-refractivity contribution < 1.29 is 22.7 Å². The van der Waals surface area contributed by atoms with E-state index in [4.69, 9.17) is 21.1 Å². The highest BCUT2D eigenvalue weighted by Gasteiger charge is 2.17. The molecule has 1 heterocycles. The molecule has 3 aromatic carbocycles. The molecule has 7 nitrogen and oxygen atoms in total. The first-order valence-electron chi connectivity index (χ1n) is 9.01. The van der Waals surface area contributed by atoms with Gasteiger partial charge in [0.1, 0.15) is 13.2 Å². The predicted octanol–water partition coefficient (Wildman–Crippen LogP) is 4.16. The smallest absolute Gasteiger partial charge is 0.261 e. The van der Waals surface area contributed by atoms with E-state index in [9.17, 15) is 13.2 Å². The molecule has 30 heavy (non-hydrogen) atoms. The number of benzene rings is 3. The average molecular weight is 445 g/mol. The van der Waals surface area contributed by atoms with Crippen LogP contribution in [-0.4, -0.2) is 27.5 Å². The Labute approximate surface area is 178 Å². The van der Waals surface area contributed by atoms with Gasteiger partial charge in [0.05, 0.1) is 21.2 Å². The van der Waals surface area contributed by atoms with Crippen molar-refractivity contribution >= 4 is 38.9 Å². The van der Waals surface area contributed by atoms with E-state index < -0.39 is 15.9 Å². The number of carbonyl (C=O) groups excluding carboxylic acids is 1. The summed E-state index contributed by atoms with van der Waals surface area (Å²) in [5.41, 5.74) is 0.975. The Bertz CT molecular complexity index is 1200. The first-order chi connectivity index (χ1) is 14.4. The second kappa shape index (κ2) is 8.25. The molecule has 0 spiro atoms. The molecule has 0 aliphatic carbocycles. The van der Waals surface area contributed by atoms with Crippen LogP contribution >= 0.6 is 11.6 Å². The van der Waals surface area contributed by atoms with E-state index in [0.717, 1.165) is 0 Å². The zero-order chi connectivity index (χ0) is 21.1. The second-order valence-electron chi connectivity index (χ2n) is 6.43. The Kier molecular flexibility index (Phi) is 5.52. The molecule has 0 bridgehead atoms. The molecule has 1 amide bonds. The highest BCUT2D eigenvalue weighted by atomic mass is 35.5. The normalized spacial score (nSPS) is 12.8. The van der Waals surface area contributed by atoms with Gasteiger partial charge in [-0.15, -0.1) is 0 Å². The van der Waals surface area contributed by atoms with Gasteiger partial charge in [0.15, 0.2) is 11.5 Å². The van der Waals surface area contributed by atoms with Gasteiger partial charge >= 0.3 is 0 Å². The minimum absolute atomic E-state index is 0.110. The number of amides is 1. The average Bonchev–Trinajstić information content (AvgIpc) is 2.74. The molecular weight excluding hydrogens is 428 g/mol. The molecular formula is C21H17ClN2O5S. The zero-order valence-corrected chi connectivity index (χ0v) is 17.2. The number of sulfonamides is 1. The first kappa shape index (κ1) is 20.1. The van der Waals surface area contributed by atoms with Crippen LogP contribution in [0.25, 0.3) is 0 Å². The van der Waals surface area contributed by atoms with Gasteiger partial charge in [0.2, 0.25) is 0 Å². The van der Waals surface area contributed by atoms with Gasteiger partial charge in [-0.1, -0.05) is 29.8 Å². The number of rotatable bonds is 5. The van der Waals surface area contributed by atoms with E-state index in [-0.39, 0.29) is 21.2 Å². The van der Waals surface area contributed by atoms with Gasteiger partial charge in [0, 0.05) is 11.8 Å². The zero-order valence-electron chi connectivity index (χ0n) is 15.6. The van der Waals surface area contributed by atoms with Crippen molar-refractivity contribution in [2.75, 3.05) is 23.3 Å². The van der Waals surface area contributed by atoms with Gasteiger partial charge in [-0.2, -0.15) is 0 Å². The van der Waals surface area contributed by atoms with Crippen LogP contribution in [0.15, 0.2) is 71.6 Å². The highest BCUT2D eigenvalue weighted by molar-refractivity contribution is 7.92. The number of ether oxygens (including phenoxy) is 2. The predicted molar refractivity (Wildman–Crippen MR) is 114 cm³/mol. The monoisotopic (exact) mass is 444 g/mol. The molecule has 3 aromatic rings. The number of hydrogen-bond acceptors (Lipinski definition) is 5. The van der Waals surface area contributed by atoms with E-state index in [0.29, 0.717) is 30.4 Å². The number of nitrogens with one attached hydrogen (secondary N) is 2.